The van der Waals surface area contributed by atoms with Gasteiger partial charge >= 0.3 is 0 Å². The molecule has 138 valence electrons. The van der Waals surface area contributed by atoms with Gasteiger partial charge < -0.3 is 24.6 Å². The molecule has 1 aromatic heterocycles. The molecule has 0 atom stereocenters. The van der Waals surface area contributed by atoms with Crippen LogP contribution < -0.4 is 14.8 Å². The molecule has 1 N–H and O–H groups in total. The van der Waals surface area contributed by atoms with E-state index in [4.69, 9.17) is 9.47 Å². The number of nitrogens with one attached hydrogen (secondary N) is 1. The third-order valence-corrected chi connectivity index (χ3v) is 4.35. The second-order valence-electron chi connectivity index (χ2n) is 6.08. The fraction of sp³-hybridized carbons (Fsp3) is 0.389. The summed E-state index contributed by atoms with van der Waals surface area (Å²) in [6.07, 6.45) is 1.39. The van der Waals surface area contributed by atoms with Gasteiger partial charge in [-0.25, -0.2) is 9.97 Å². The molecular formula is C18H23N5O3. The number of nitrogens with zero attached hydrogens (tertiary/aromatic N) is 4. The summed E-state index contributed by atoms with van der Waals surface area (Å²) in [5.74, 6) is 1.77. The maximum absolute atomic E-state index is 12.7. The molecule has 8 heteroatoms. The Morgan fingerprint density at radius 1 is 1.08 bits per heavy atom. The molecular weight excluding hydrogens is 334 g/mol. The summed E-state index contributed by atoms with van der Waals surface area (Å²) < 4.78 is 10.6. The van der Waals surface area contributed by atoms with Crippen LogP contribution in [0.1, 0.15) is 10.5 Å². The number of ether oxygens (including phenoxy) is 2. The Balaban J connectivity index is 1.76. The normalized spacial score (nSPS) is 14.8. The van der Waals surface area contributed by atoms with Crippen molar-refractivity contribution in [2.45, 2.75) is 0 Å². The lowest BCUT2D eigenvalue weighted by Gasteiger charge is -2.32. The maximum atomic E-state index is 12.7. The van der Waals surface area contributed by atoms with Crippen LogP contribution in [-0.4, -0.2) is 73.1 Å². The minimum absolute atomic E-state index is 0.0785. The summed E-state index contributed by atoms with van der Waals surface area (Å²) in [6.45, 7) is 3.14. The van der Waals surface area contributed by atoms with Gasteiger partial charge in [-0.05, 0) is 19.2 Å². The van der Waals surface area contributed by atoms with Crippen LogP contribution in [0.15, 0.2) is 30.6 Å². The number of amides is 1. The largest absolute Gasteiger partial charge is 0.497 e. The summed E-state index contributed by atoms with van der Waals surface area (Å²) in [6, 6.07) is 7.09. The van der Waals surface area contributed by atoms with Crippen molar-refractivity contribution in [1.29, 1.82) is 0 Å². The van der Waals surface area contributed by atoms with Gasteiger partial charge in [0.15, 0.2) is 0 Å². The number of carbonyl (C=O) groups excluding carboxylic acids is 1. The SMILES string of the molecule is COc1ccc(Nc2cc(C(=O)N3CCN(C)CC3)ncn2)c(OC)c1. The topological polar surface area (TPSA) is 79.8 Å². The number of anilines is 2. The Morgan fingerprint density at radius 2 is 1.85 bits per heavy atom. The Bertz CT molecular complexity index is 775. The van der Waals surface area contributed by atoms with Crippen molar-refractivity contribution in [1.82, 2.24) is 19.8 Å². The van der Waals surface area contributed by atoms with Gasteiger partial charge in [0.05, 0.1) is 19.9 Å². The number of hydrogen-bond donors (Lipinski definition) is 1. The van der Waals surface area contributed by atoms with E-state index in [-0.39, 0.29) is 5.91 Å². The van der Waals surface area contributed by atoms with Crippen LogP contribution in [0.3, 0.4) is 0 Å². The fourth-order valence-electron chi connectivity index (χ4n) is 2.75. The zero-order valence-electron chi connectivity index (χ0n) is 15.2. The lowest BCUT2D eigenvalue weighted by atomic mass is 10.2. The molecule has 1 saturated heterocycles. The van der Waals surface area contributed by atoms with E-state index in [1.165, 1.54) is 6.33 Å². The number of piperazine rings is 1. The Morgan fingerprint density at radius 3 is 2.54 bits per heavy atom. The van der Waals surface area contributed by atoms with Crippen molar-refractivity contribution >= 4 is 17.4 Å². The van der Waals surface area contributed by atoms with Crippen LogP contribution in [0.5, 0.6) is 11.5 Å². The van der Waals surface area contributed by atoms with Gasteiger partial charge in [0.2, 0.25) is 0 Å². The molecule has 1 aliphatic rings. The molecule has 1 aliphatic heterocycles. The van der Waals surface area contributed by atoms with E-state index in [2.05, 4.69) is 27.2 Å². The van der Waals surface area contributed by atoms with Crippen LogP contribution >= 0.6 is 0 Å². The van der Waals surface area contributed by atoms with Crippen molar-refractivity contribution in [3.05, 3.63) is 36.3 Å². The number of rotatable bonds is 5. The van der Waals surface area contributed by atoms with E-state index in [1.807, 2.05) is 17.0 Å². The highest BCUT2D eigenvalue weighted by Crippen LogP contribution is 2.31. The first-order valence-corrected chi connectivity index (χ1v) is 8.39. The van der Waals surface area contributed by atoms with E-state index in [0.717, 1.165) is 18.8 Å². The first-order chi connectivity index (χ1) is 12.6. The van der Waals surface area contributed by atoms with Crippen molar-refractivity contribution in [2.75, 3.05) is 52.8 Å². The quantitative estimate of drug-likeness (QED) is 0.871. The Labute approximate surface area is 152 Å². The number of aromatic nitrogens is 2. The molecule has 2 heterocycles. The van der Waals surface area contributed by atoms with Crippen molar-refractivity contribution in [3.8, 4) is 11.5 Å². The second kappa shape index (κ2) is 8.01. The zero-order chi connectivity index (χ0) is 18.5. The minimum atomic E-state index is -0.0785. The second-order valence-corrected chi connectivity index (χ2v) is 6.08. The Hall–Kier alpha value is -2.87. The summed E-state index contributed by atoms with van der Waals surface area (Å²) in [5, 5.41) is 3.17. The van der Waals surface area contributed by atoms with Gasteiger partial charge in [-0.15, -0.1) is 0 Å². The molecule has 3 rings (SSSR count). The Kier molecular flexibility index (Phi) is 5.52. The van der Waals surface area contributed by atoms with E-state index in [9.17, 15) is 4.79 Å². The average Bonchev–Trinajstić information content (AvgIpc) is 2.68. The summed E-state index contributed by atoms with van der Waals surface area (Å²) in [7, 11) is 5.24. The van der Waals surface area contributed by atoms with Crippen molar-refractivity contribution in [3.63, 3.8) is 0 Å². The molecule has 26 heavy (non-hydrogen) atoms. The number of benzene rings is 1. The van der Waals surface area contributed by atoms with Crippen LogP contribution in [0, 0.1) is 0 Å². The van der Waals surface area contributed by atoms with Gasteiger partial charge in [0.25, 0.3) is 5.91 Å². The molecule has 0 aliphatic carbocycles. The van der Waals surface area contributed by atoms with Crippen molar-refractivity contribution < 1.29 is 14.3 Å². The van der Waals surface area contributed by atoms with E-state index >= 15 is 0 Å². The van der Waals surface area contributed by atoms with Crippen LogP contribution in [0.4, 0.5) is 11.5 Å². The lowest BCUT2D eigenvalue weighted by Crippen LogP contribution is -2.47. The summed E-state index contributed by atoms with van der Waals surface area (Å²) >= 11 is 0. The molecule has 8 nitrogen and oxygen atoms in total. The third-order valence-electron chi connectivity index (χ3n) is 4.35. The van der Waals surface area contributed by atoms with Gasteiger partial charge in [-0.3, -0.25) is 4.79 Å². The van der Waals surface area contributed by atoms with E-state index in [0.29, 0.717) is 36.1 Å². The fourth-order valence-corrected chi connectivity index (χ4v) is 2.75. The number of hydrogen-bond acceptors (Lipinski definition) is 7. The summed E-state index contributed by atoms with van der Waals surface area (Å²) in [4.78, 5) is 25.0. The first-order valence-electron chi connectivity index (χ1n) is 8.39. The summed E-state index contributed by atoms with van der Waals surface area (Å²) in [5.41, 5.74) is 1.10. The molecule has 1 amide bonds. The maximum Gasteiger partial charge on any atom is 0.272 e. The molecule has 0 bridgehead atoms. The predicted octanol–water partition coefficient (Wildman–Crippen LogP) is 1.62. The number of carbonyl (C=O) groups is 1. The highest BCUT2D eigenvalue weighted by atomic mass is 16.5. The zero-order valence-corrected chi connectivity index (χ0v) is 15.2. The lowest BCUT2D eigenvalue weighted by molar-refractivity contribution is 0.0658. The molecule has 1 aromatic carbocycles. The smallest absolute Gasteiger partial charge is 0.272 e. The van der Waals surface area contributed by atoms with E-state index < -0.39 is 0 Å². The molecule has 0 radical (unpaired) electrons. The average molecular weight is 357 g/mol. The highest BCUT2D eigenvalue weighted by molar-refractivity contribution is 5.93. The van der Waals surface area contributed by atoms with Gasteiger partial charge in [-0.1, -0.05) is 0 Å². The van der Waals surface area contributed by atoms with Crippen LogP contribution in [0.2, 0.25) is 0 Å². The first kappa shape index (κ1) is 17.9. The van der Waals surface area contributed by atoms with Gasteiger partial charge in [0, 0.05) is 38.3 Å². The number of methoxy groups -OCH3 is 2. The predicted molar refractivity (Wildman–Crippen MR) is 98.3 cm³/mol. The standard InChI is InChI=1S/C18H23N5O3/c1-22-6-8-23(9-7-22)18(24)15-11-17(20-12-19-15)21-14-5-4-13(25-2)10-16(14)26-3/h4-5,10-12H,6-9H2,1-3H3,(H,19,20,21). The van der Waals surface area contributed by atoms with Crippen LogP contribution in [0.25, 0.3) is 0 Å². The monoisotopic (exact) mass is 357 g/mol. The molecule has 0 unspecified atom stereocenters. The molecule has 0 saturated carbocycles. The minimum Gasteiger partial charge on any atom is -0.497 e. The molecule has 0 spiro atoms. The van der Waals surface area contributed by atoms with Gasteiger partial charge in [-0.2, -0.15) is 0 Å². The number of likely N-dealkylation sites (N-methyl/N-ethyl adjacent to an activating group) is 1. The molecule has 2 aromatic rings. The van der Waals surface area contributed by atoms with E-state index in [1.54, 1.807) is 26.4 Å². The van der Waals surface area contributed by atoms with Crippen molar-refractivity contribution in [2.24, 2.45) is 0 Å². The highest BCUT2D eigenvalue weighted by Gasteiger charge is 2.21. The van der Waals surface area contributed by atoms with Crippen LogP contribution in [-0.2, 0) is 0 Å². The van der Waals surface area contributed by atoms with Gasteiger partial charge in [0.1, 0.15) is 29.3 Å². The molecule has 1 fully saturated rings. The third kappa shape index (κ3) is 4.02.